The summed E-state index contributed by atoms with van der Waals surface area (Å²) < 4.78 is 1.57. The maximum absolute atomic E-state index is 12.4. The topological polar surface area (TPSA) is 68.3 Å². The molecule has 2 atom stereocenters. The van der Waals surface area contributed by atoms with Crippen LogP contribution < -0.4 is 11.3 Å². The average Bonchev–Trinajstić information content (AvgIpc) is 2.46. The number of nitrogens with two attached hydrogens (primary N) is 1. The summed E-state index contributed by atoms with van der Waals surface area (Å²) in [5, 5.41) is 0. The summed E-state index contributed by atoms with van der Waals surface area (Å²) in [6.45, 7) is 3.88. The number of likely N-dealkylation sites (tertiary alicyclic amines) is 1. The van der Waals surface area contributed by atoms with Crippen molar-refractivity contribution in [2.75, 3.05) is 13.1 Å². The van der Waals surface area contributed by atoms with Crippen LogP contribution in [0.4, 0.5) is 0 Å². The fourth-order valence-electron chi connectivity index (χ4n) is 2.92. The molecule has 2 N–H and O–H groups in total. The molecule has 1 saturated heterocycles. The monoisotopic (exact) mass is 277 g/mol. The summed E-state index contributed by atoms with van der Waals surface area (Å²) >= 11 is 0. The van der Waals surface area contributed by atoms with Gasteiger partial charge < -0.3 is 15.2 Å². The van der Waals surface area contributed by atoms with Gasteiger partial charge in [-0.05, 0) is 24.8 Å². The highest BCUT2D eigenvalue weighted by molar-refractivity contribution is 5.76. The molecule has 0 aliphatic carbocycles. The SMILES string of the molecule is C[C@H]1CCCN(C(=O)CCn2ccccc2=O)[C@H]1CN. The van der Waals surface area contributed by atoms with Crippen molar-refractivity contribution >= 4 is 5.91 Å². The number of rotatable bonds is 4. The molecule has 0 bridgehead atoms. The molecule has 5 nitrogen and oxygen atoms in total. The van der Waals surface area contributed by atoms with Crippen LogP contribution in [0.3, 0.4) is 0 Å². The van der Waals surface area contributed by atoms with E-state index in [1.165, 1.54) is 6.07 Å². The van der Waals surface area contributed by atoms with Gasteiger partial charge in [0, 0.05) is 44.4 Å². The van der Waals surface area contributed by atoms with Gasteiger partial charge in [-0.25, -0.2) is 0 Å². The van der Waals surface area contributed by atoms with Crippen LogP contribution in [-0.4, -0.2) is 34.5 Å². The molecule has 0 unspecified atom stereocenters. The molecule has 1 aliphatic heterocycles. The van der Waals surface area contributed by atoms with Crippen LogP contribution >= 0.6 is 0 Å². The number of piperidine rings is 1. The Labute approximate surface area is 119 Å². The van der Waals surface area contributed by atoms with Crippen molar-refractivity contribution in [1.29, 1.82) is 0 Å². The van der Waals surface area contributed by atoms with Gasteiger partial charge >= 0.3 is 0 Å². The number of carbonyl (C=O) groups excluding carboxylic acids is 1. The Kier molecular flexibility index (Phi) is 4.95. The summed E-state index contributed by atoms with van der Waals surface area (Å²) in [7, 11) is 0. The molecule has 1 aliphatic rings. The Morgan fingerprint density at radius 3 is 2.95 bits per heavy atom. The molecule has 2 heterocycles. The summed E-state index contributed by atoms with van der Waals surface area (Å²) in [4.78, 5) is 25.9. The van der Waals surface area contributed by atoms with Crippen molar-refractivity contribution in [3.05, 3.63) is 34.7 Å². The summed E-state index contributed by atoms with van der Waals surface area (Å²) in [5.41, 5.74) is 5.74. The summed E-state index contributed by atoms with van der Waals surface area (Å²) in [6, 6.07) is 5.16. The van der Waals surface area contributed by atoms with E-state index in [1.54, 1.807) is 22.9 Å². The second-order valence-electron chi connectivity index (χ2n) is 5.49. The Morgan fingerprint density at radius 1 is 1.45 bits per heavy atom. The van der Waals surface area contributed by atoms with E-state index in [4.69, 9.17) is 5.73 Å². The zero-order chi connectivity index (χ0) is 14.5. The molecule has 5 heteroatoms. The zero-order valence-electron chi connectivity index (χ0n) is 12.0. The highest BCUT2D eigenvalue weighted by Crippen LogP contribution is 2.23. The molecule has 1 fully saturated rings. The molecule has 1 aromatic rings. The van der Waals surface area contributed by atoms with E-state index in [1.807, 2.05) is 4.90 Å². The molecule has 0 spiro atoms. The normalized spacial score (nSPS) is 22.8. The first-order valence-corrected chi connectivity index (χ1v) is 7.28. The van der Waals surface area contributed by atoms with Crippen molar-refractivity contribution in [2.45, 2.75) is 38.8 Å². The van der Waals surface area contributed by atoms with E-state index in [-0.39, 0.29) is 17.5 Å². The smallest absolute Gasteiger partial charge is 0.250 e. The molecule has 110 valence electrons. The number of carbonyl (C=O) groups is 1. The lowest BCUT2D eigenvalue weighted by Crippen LogP contribution is -2.51. The van der Waals surface area contributed by atoms with Crippen molar-refractivity contribution in [1.82, 2.24) is 9.47 Å². The van der Waals surface area contributed by atoms with Gasteiger partial charge in [-0.3, -0.25) is 9.59 Å². The fourth-order valence-corrected chi connectivity index (χ4v) is 2.92. The van der Waals surface area contributed by atoms with Gasteiger partial charge in [0.15, 0.2) is 0 Å². The number of hydrogen-bond donors (Lipinski definition) is 1. The van der Waals surface area contributed by atoms with E-state index in [0.717, 1.165) is 19.4 Å². The van der Waals surface area contributed by atoms with Crippen molar-refractivity contribution < 1.29 is 4.79 Å². The second-order valence-corrected chi connectivity index (χ2v) is 5.49. The highest BCUT2D eigenvalue weighted by atomic mass is 16.2. The Hall–Kier alpha value is -1.62. The third kappa shape index (κ3) is 3.28. The van der Waals surface area contributed by atoms with Gasteiger partial charge in [0.1, 0.15) is 0 Å². The number of hydrogen-bond acceptors (Lipinski definition) is 3. The maximum Gasteiger partial charge on any atom is 0.250 e. The predicted octanol–water partition coefficient (Wildman–Crippen LogP) is 0.824. The fraction of sp³-hybridized carbons (Fsp3) is 0.600. The second kappa shape index (κ2) is 6.70. The lowest BCUT2D eigenvalue weighted by molar-refractivity contribution is -0.136. The predicted molar refractivity (Wildman–Crippen MR) is 78.3 cm³/mol. The number of aryl methyl sites for hydroxylation is 1. The first kappa shape index (κ1) is 14.8. The van der Waals surface area contributed by atoms with Gasteiger partial charge in [0.05, 0.1) is 0 Å². The largest absolute Gasteiger partial charge is 0.338 e. The van der Waals surface area contributed by atoms with Gasteiger partial charge in [0.25, 0.3) is 5.56 Å². The molecule has 1 amide bonds. The third-order valence-corrected chi connectivity index (χ3v) is 4.14. The zero-order valence-corrected chi connectivity index (χ0v) is 12.0. The first-order chi connectivity index (χ1) is 9.63. The van der Waals surface area contributed by atoms with Crippen molar-refractivity contribution in [3.8, 4) is 0 Å². The Bertz CT molecular complexity index is 512. The molecule has 20 heavy (non-hydrogen) atoms. The lowest BCUT2D eigenvalue weighted by Gasteiger charge is -2.39. The Morgan fingerprint density at radius 2 is 2.25 bits per heavy atom. The van der Waals surface area contributed by atoms with Crippen LogP contribution in [0.1, 0.15) is 26.2 Å². The van der Waals surface area contributed by atoms with Crippen molar-refractivity contribution in [2.24, 2.45) is 11.7 Å². The average molecular weight is 277 g/mol. The lowest BCUT2D eigenvalue weighted by atomic mass is 9.90. The number of nitrogens with zero attached hydrogens (tertiary/aromatic N) is 2. The van der Waals surface area contributed by atoms with Crippen LogP contribution in [0.2, 0.25) is 0 Å². The van der Waals surface area contributed by atoms with E-state index in [0.29, 0.717) is 25.4 Å². The number of aromatic nitrogens is 1. The van der Waals surface area contributed by atoms with E-state index < -0.39 is 0 Å². The molecule has 0 aromatic carbocycles. The minimum Gasteiger partial charge on any atom is -0.338 e. The van der Waals surface area contributed by atoms with Gasteiger partial charge in [0.2, 0.25) is 5.91 Å². The maximum atomic E-state index is 12.4. The molecule has 0 saturated carbocycles. The minimum absolute atomic E-state index is 0.0670. The third-order valence-electron chi connectivity index (χ3n) is 4.14. The van der Waals surface area contributed by atoms with E-state index in [2.05, 4.69) is 6.92 Å². The summed E-state index contributed by atoms with van der Waals surface area (Å²) in [6.07, 6.45) is 4.24. The van der Waals surface area contributed by atoms with E-state index in [9.17, 15) is 9.59 Å². The summed E-state index contributed by atoms with van der Waals surface area (Å²) in [5.74, 6) is 0.555. The molecule has 0 radical (unpaired) electrons. The Balaban J connectivity index is 1.97. The number of pyridine rings is 1. The van der Waals surface area contributed by atoms with Gasteiger partial charge in [-0.15, -0.1) is 0 Å². The van der Waals surface area contributed by atoms with Crippen LogP contribution in [0.25, 0.3) is 0 Å². The van der Waals surface area contributed by atoms with Crippen LogP contribution in [0.5, 0.6) is 0 Å². The highest BCUT2D eigenvalue weighted by Gasteiger charge is 2.30. The molecular formula is C15H23N3O2. The van der Waals surface area contributed by atoms with Crippen LogP contribution in [-0.2, 0) is 11.3 Å². The van der Waals surface area contributed by atoms with E-state index >= 15 is 0 Å². The van der Waals surface area contributed by atoms with Crippen LogP contribution in [0, 0.1) is 5.92 Å². The van der Waals surface area contributed by atoms with Gasteiger partial charge in [-0.1, -0.05) is 13.0 Å². The molecular weight excluding hydrogens is 254 g/mol. The quantitative estimate of drug-likeness (QED) is 0.886. The minimum atomic E-state index is -0.0670. The molecule has 1 aromatic heterocycles. The van der Waals surface area contributed by atoms with Gasteiger partial charge in [-0.2, -0.15) is 0 Å². The van der Waals surface area contributed by atoms with Crippen molar-refractivity contribution in [3.63, 3.8) is 0 Å². The van der Waals surface area contributed by atoms with Crippen LogP contribution in [0.15, 0.2) is 29.2 Å². The first-order valence-electron chi connectivity index (χ1n) is 7.28. The standard InChI is InChI=1S/C15H23N3O2/c1-12-5-4-9-18(13(12)11-16)15(20)7-10-17-8-3-2-6-14(17)19/h2-3,6,8,12-13H,4-5,7,9-11,16H2,1H3/t12-,13-/m0/s1. The molecule has 2 rings (SSSR count). The number of amides is 1.